The summed E-state index contributed by atoms with van der Waals surface area (Å²) in [5.74, 6) is -0.536. The normalized spacial score (nSPS) is 13.8. The molecule has 0 rings (SSSR count). The third-order valence-corrected chi connectivity index (χ3v) is 6.52. The van der Waals surface area contributed by atoms with Crippen molar-refractivity contribution in [2.24, 2.45) is 0 Å². The van der Waals surface area contributed by atoms with Crippen molar-refractivity contribution in [2.45, 2.75) is 123 Å². The first-order valence-corrected chi connectivity index (χ1v) is 15.0. The monoisotopic (exact) mass is 523 g/mol. The second kappa shape index (κ2) is 23.4. The standard InChI is InChI=1S/C25H50NO8P/c1-3-5-7-9-10-11-12-13-14-15-17-24(28)26-19-20-33-35(30,31)34-22-23(27)21-32-25(29)18-16-8-6-4-2/h23,27H,3-22H2,1-2H3,(H,26,28)(H,30,31). The Morgan fingerprint density at radius 1 is 0.771 bits per heavy atom. The highest BCUT2D eigenvalue weighted by atomic mass is 31.2. The van der Waals surface area contributed by atoms with Gasteiger partial charge in [0.25, 0.3) is 0 Å². The Balaban J connectivity index is 3.67. The first-order valence-electron chi connectivity index (χ1n) is 13.5. The van der Waals surface area contributed by atoms with Crippen molar-refractivity contribution in [3.8, 4) is 0 Å². The lowest BCUT2D eigenvalue weighted by Crippen LogP contribution is -2.27. The molecule has 208 valence electrons. The summed E-state index contributed by atoms with van der Waals surface area (Å²) in [5, 5.41) is 12.4. The van der Waals surface area contributed by atoms with Crippen LogP contribution in [0.5, 0.6) is 0 Å². The number of aliphatic hydroxyl groups is 1. The molecule has 10 heteroatoms. The molecule has 0 spiro atoms. The molecule has 0 aromatic rings. The van der Waals surface area contributed by atoms with Crippen LogP contribution in [0.3, 0.4) is 0 Å². The number of carbonyl (C=O) groups is 2. The van der Waals surface area contributed by atoms with Crippen LogP contribution in [0.25, 0.3) is 0 Å². The summed E-state index contributed by atoms with van der Waals surface area (Å²) >= 11 is 0. The smallest absolute Gasteiger partial charge is 0.463 e. The minimum absolute atomic E-state index is 0.0860. The molecule has 1 amide bonds. The fourth-order valence-electron chi connectivity index (χ4n) is 3.44. The molecule has 3 N–H and O–H groups in total. The Morgan fingerprint density at radius 2 is 1.29 bits per heavy atom. The van der Waals surface area contributed by atoms with Crippen LogP contribution in [0.2, 0.25) is 0 Å². The van der Waals surface area contributed by atoms with E-state index in [1.807, 2.05) is 0 Å². The highest BCUT2D eigenvalue weighted by molar-refractivity contribution is 7.47. The van der Waals surface area contributed by atoms with E-state index in [1.165, 1.54) is 44.9 Å². The second-order valence-corrected chi connectivity index (χ2v) is 10.5. The van der Waals surface area contributed by atoms with Crippen LogP contribution in [0.15, 0.2) is 0 Å². The SMILES string of the molecule is CCCCCCCCCCCCC(=O)NCCOP(=O)(O)OCC(O)COC(=O)CCCCCC. The average molecular weight is 524 g/mol. The van der Waals surface area contributed by atoms with Crippen molar-refractivity contribution in [3.05, 3.63) is 0 Å². The van der Waals surface area contributed by atoms with Crippen molar-refractivity contribution in [3.63, 3.8) is 0 Å². The Labute approximate surface area is 212 Å². The fraction of sp³-hybridized carbons (Fsp3) is 0.920. The van der Waals surface area contributed by atoms with Gasteiger partial charge in [0, 0.05) is 19.4 Å². The molecule has 0 aliphatic rings. The van der Waals surface area contributed by atoms with E-state index in [0.29, 0.717) is 6.42 Å². The Morgan fingerprint density at radius 3 is 1.89 bits per heavy atom. The number of carbonyl (C=O) groups excluding carboxylic acids is 2. The number of phosphoric ester groups is 1. The number of rotatable bonds is 25. The molecule has 0 bridgehead atoms. The van der Waals surface area contributed by atoms with Crippen LogP contribution in [-0.4, -0.2) is 54.3 Å². The topological polar surface area (TPSA) is 131 Å². The summed E-state index contributed by atoms with van der Waals surface area (Å²) < 4.78 is 26.3. The van der Waals surface area contributed by atoms with Crippen LogP contribution in [0.4, 0.5) is 0 Å². The minimum atomic E-state index is -4.38. The maximum absolute atomic E-state index is 11.9. The van der Waals surface area contributed by atoms with Crippen LogP contribution < -0.4 is 5.32 Å². The maximum Gasteiger partial charge on any atom is 0.472 e. The maximum atomic E-state index is 11.9. The van der Waals surface area contributed by atoms with Gasteiger partial charge in [0.1, 0.15) is 12.7 Å². The minimum Gasteiger partial charge on any atom is -0.463 e. The first kappa shape index (κ1) is 34.0. The summed E-state index contributed by atoms with van der Waals surface area (Å²) in [7, 11) is -4.38. The second-order valence-electron chi connectivity index (χ2n) is 9.03. The molecule has 0 aliphatic heterocycles. The molecule has 0 aromatic heterocycles. The third kappa shape index (κ3) is 24.5. The van der Waals surface area contributed by atoms with E-state index < -0.39 is 26.5 Å². The van der Waals surface area contributed by atoms with Gasteiger partial charge >= 0.3 is 13.8 Å². The molecule has 0 fully saturated rings. The highest BCUT2D eigenvalue weighted by Gasteiger charge is 2.23. The quantitative estimate of drug-likeness (QED) is 0.0821. The van der Waals surface area contributed by atoms with Crippen molar-refractivity contribution in [1.29, 1.82) is 0 Å². The number of phosphoric acid groups is 1. The number of esters is 1. The summed E-state index contributed by atoms with van der Waals surface area (Å²) in [5.41, 5.74) is 0. The first-order chi connectivity index (χ1) is 16.8. The van der Waals surface area contributed by atoms with Crippen LogP contribution in [0, 0.1) is 0 Å². The molecule has 2 atom stereocenters. The molecule has 0 saturated carbocycles. The molecule has 0 radical (unpaired) electrons. The van der Waals surface area contributed by atoms with E-state index in [1.54, 1.807) is 0 Å². The molecule has 35 heavy (non-hydrogen) atoms. The number of aliphatic hydroxyl groups excluding tert-OH is 1. The number of hydrogen-bond acceptors (Lipinski definition) is 7. The van der Waals surface area contributed by atoms with Gasteiger partial charge < -0.3 is 20.1 Å². The summed E-state index contributed by atoms with van der Waals surface area (Å²) in [4.78, 5) is 33.1. The van der Waals surface area contributed by atoms with Gasteiger partial charge in [-0.3, -0.25) is 18.6 Å². The fourth-order valence-corrected chi connectivity index (χ4v) is 4.19. The lowest BCUT2D eigenvalue weighted by atomic mass is 10.1. The van der Waals surface area contributed by atoms with Gasteiger partial charge in [0.15, 0.2) is 0 Å². The van der Waals surface area contributed by atoms with Crippen LogP contribution >= 0.6 is 7.82 Å². The number of ether oxygens (including phenoxy) is 1. The van der Waals surface area contributed by atoms with E-state index in [9.17, 15) is 24.2 Å². The Bertz CT molecular complexity index is 576. The molecule has 0 aromatic carbocycles. The molecule has 0 aliphatic carbocycles. The summed E-state index contributed by atoms with van der Waals surface area (Å²) in [6.07, 6.45) is 15.3. The average Bonchev–Trinajstić information content (AvgIpc) is 2.83. The lowest BCUT2D eigenvalue weighted by Gasteiger charge is -2.15. The van der Waals surface area contributed by atoms with Gasteiger partial charge in [-0.1, -0.05) is 90.9 Å². The van der Waals surface area contributed by atoms with Crippen molar-refractivity contribution < 1.29 is 37.9 Å². The molecule has 0 heterocycles. The number of hydrogen-bond donors (Lipinski definition) is 3. The van der Waals surface area contributed by atoms with Crippen LogP contribution in [0.1, 0.15) is 117 Å². The molecular formula is C25H50NO8P. The number of amides is 1. The zero-order valence-electron chi connectivity index (χ0n) is 22.0. The largest absolute Gasteiger partial charge is 0.472 e. The zero-order chi connectivity index (χ0) is 26.2. The van der Waals surface area contributed by atoms with E-state index in [0.717, 1.165) is 44.9 Å². The predicted molar refractivity (Wildman–Crippen MR) is 137 cm³/mol. The summed E-state index contributed by atoms with van der Waals surface area (Å²) in [6.45, 7) is 3.36. The number of nitrogens with one attached hydrogen (secondary N) is 1. The van der Waals surface area contributed by atoms with Gasteiger partial charge in [0.05, 0.1) is 13.2 Å². The van der Waals surface area contributed by atoms with E-state index >= 15 is 0 Å². The lowest BCUT2D eigenvalue weighted by molar-refractivity contribution is -0.147. The Kier molecular flexibility index (Phi) is 22.7. The number of unbranched alkanes of at least 4 members (excludes halogenated alkanes) is 12. The van der Waals surface area contributed by atoms with Crippen molar-refractivity contribution in [1.82, 2.24) is 5.32 Å². The van der Waals surface area contributed by atoms with Gasteiger partial charge in [0.2, 0.25) is 5.91 Å². The Hall–Kier alpha value is -0.990. The predicted octanol–water partition coefficient (Wildman–Crippen LogP) is 5.42. The molecule has 2 unspecified atom stereocenters. The van der Waals surface area contributed by atoms with Crippen LogP contribution in [-0.2, 0) is 27.9 Å². The van der Waals surface area contributed by atoms with Gasteiger partial charge in [-0.25, -0.2) is 4.57 Å². The molecule has 0 saturated heterocycles. The highest BCUT2D eigenvalue weighted by Crippen LogP contribution is 2.42. The van der Waals surface area contributed by atoms with Crippen molar-refractivity contribution >= 4 is 19.7 Å². The van der Waals surface area contributed by atoms with Gasteiger partial charge in [-0.15, -0.1) is 0 Å². The van der Waals surface area contributed by atoms with E-state index in [-0.39, 0.29) is 32.1 Å². The summed E-state index contributed by atoms with van der Waals surface area (Å²) in [6, 6.07) is 0. The van der Waals surface area contributed by atoms with Gasteiger partial charge in [-0.05, 0) is 12.8 Å². The zero-order valence-corrected chi connectivity index (χ0v) is 22.9. The van der Waals surface area contributed by atoms with E-state index in [4.69, 9.17) is 13.8 Å². The van der Waals surface area contributed by atoms with Crippen molar-refractivity contribution in [2.75, 3.05) is 26.4 Å². The molecule has 9 nitrogen and oxygen atoms in total. The molecular weight excluding hydrogens is 473 g/mol. The third-order valence-electron chi connectivity index (χ3n) is 5.54. The van der Waals surface area contributed by atoms with E-state index in [2.05, 4.69) is 19.2 Å². The van der Waals surface area contributed by atoms with Gasteiger partial charge in [-0.2, -0.15) is 0 Å².